The quantitative estimate of drug-likeness (QED) is 0.734. The smallest absolute Gasteiger partial charge is 0.142 e. The molecule has 2 heterocycles. The lowest BCUT2D eigenvalue weighted by Gasteiger charge is -1.93. The Balaban J connectivity index is 0.000000180. The lowest BCUT2D eigenvalue weighted by atomic mass is 10.4. The molecule has 0 unspecified atom stereocenters. The predicted molar refractivity (Wildman–Crippen MR) is 72.6 cm³/mol. The number of nitrogen functional groups attached to an aromatic ring is 2. The second kappa shape index (κ2) is 6.60. The van der Waals surface area contributed by atoms with Crippen LogP contribution in [0.3, 0.4) is 0 Å². The maximum Gasteiger partial charge on any atom is 0.142 e. The van der Waals surface area contributed by atoms with Gasteiger partial charge in [-0.2, -0.15) is 0 Å². The van der Waals surface area contributed by atoms with E-state index in [1.807, 2.05) is 0 Å². The Hall–Kier alpha value is -1.28. The molecular weight excluding hydrogens is 374 g/mol. The molecule has 0 saturated carbocycles. The Kier molecular flexibility index (Phi) is 5.42. The minimum atomic E-state index is -0.393. The zero-order valence-electron chi connectivity index (χ0n) is 8.87. The van der Waals surface area contributed by atoms with Gasteiger partial charge in [0.25, 0.3) is 0 Å². The first-order chi connectivity index (χ1) is 8.40. The van der Waals surface area contributed by atoms with E-state index >= 15 is 0 Å². The minimum Gasteiger partial charge on any atom is -0.383 e. The van der Waals surface area contributed by atoms with E-state index in [0.29, 0.717) is 20.6 Å². The number of nitrogens with zero attached hydrogens (tertiary/aromatic N) is 2. The van der Waals surface area contributed by atoms with Gasteiger partial charge in [0.15, 0.2) is 0 Å². The summed E-state index contributed by atoms with van der Waals surface area (Å²) < 4.78 is 25.4. The zero-order valence-corrected chi connectivity index (χ0v) is 12.0. The fourth-order valence-corrected chi connectivity index (χ4v) is 1.49. The SMILES string of the molecule is Nc1ncc(F)cc1Br.Nc1ncc(F)cc1Br. The van der Waals surface area contributed by atoms with Gasteiger partial charge in [0.2, 0.25) is 0 Å². The number of hydrogen-bond donors (Lipinski definition) is 2. The molecule has 2 aromatic heterocycles. The lowest BCUT2D eigenvalue weighted by molar-refractivity contribution is 0.620. The molecule has 96 valence electrons. The van der Waals surface area contributed by atoms with Gasteiger partial charge in [0, 0.05) is 0 Å². The molecule has 0 bridgehead atoms. The van der Waals surface area contributed by atoms with Crippen LogP contribution in [-0.2, 0) is 0 Å². The van der Waals surface area contributed by atoms with Crippen molar-refractivity contribution in [1.29, 1.82) is 0 Å². The molecule has 0 spiro atoms. The van der Waals surface area contributed by atoms with E-state index in [1.54, 1.807) is 0 Å². The van der Waals surface area contributed by atoms with Crippen LogP contribution in [0.1, 0.15) is 0 Å². The first-order valence-electron chi connectivity index (χ1n) is 4.53. The van der Waals surface area contributed by atoms with Crippen LogP contribution in [0.15, 0.2) is 33.5 Å². The number of aromatic nitrogens is 2. The molecule has 4 N–H and O–H groups in total. The highest BCUT2D eigenvalue weighted by atomic mass is 79.9. The van der Waals surface area contributed by atoms with E-state index in [4.69, 9.17) is 11.5 Å². The highest BCUT2D eigenvalue weighted by molar-refractivity contribution is 9.11. The Morgan fingerprint density at radius 2 is 1.17 bits per heavy atom. The molecule has 0 fully saturated rings. The Morgan fingerprint density at radius 3 is 1.39 bits per heavy atom. The standard InChI is InChI=1S/2C5H4BrFN2/c2*6-4-1-3(7)2-9-5(4)8/h2*1-2H,(H2,8,9). The third-order valence-electron chi connectivity index (χ3n) is 1.67. The summed E-state index contributed by atoms with van der Waals surface area (Å²) in [7, 11) is 0. The average Bonchev–Trinajstić information content (AvgIpc) is 2.30. The summed E-state index contributed by atoms with van der Waals surface area (Å²) >= 11 is 6.04. The van der Waals surface area contributed by atoms with Crippen LogP contribution in [0, 0.1) is 11.6 Å². The normalized spacial score (nSPS) is 9.56. The van der Waals surface area contributed by atoms with Crippen LogP contribution < -0.4 is 11.5 Å². The molecule has 18 heavy (non-hydrogen) atoms. The minimum absolute atomic E-state index is 0.302. The van der Waals surface area contributed by atoms with Crippen molar-refractivity contribution in [1.82, 2.24) is 9.97 Å². The van der Waals surface area contributed by atoms with Gasteiger partial charge in [0.1, 0.15) is 23.3 Å². The maximum absolute atomic E-state index is 12.2. The van der Waals surface area contributed by atoms with E-state index in [-0.39, 0.29) is 0 Å². The summed E-state index contributed by atoms with van der Waals surface area (Å²) in [4.78, 5) is 7.07. The van der Waals surface area contributed by atoms with E-state index in [2.05, 4.69) is 41.8 Å². The topological polar surface area (TPSA) is 77.8 Å². The lowest BCUT2D eigenvalue weighted by Crippen LogP contribution is -1.91. The van der Waals surface area contributed by atoms with Crippen molar-refractivity contribution in [3.8, 4) is 0 Å². The molecule has 4 nitrogen and oxygen atoms in total. The van der Waals surface area contributed by atoms with Crippen molar-refractivity contribution < 1.29 is 8.78 Å². The molecule has 0 radical (unpaired) electrons. The number of hydrogen-bond acceptors (Lipinski definition) is 4. The molecule has 0 aromatic carbocycles. The highest BCUT2D eigenvalue weighted by Gasteiger charge is 1.96. The van der Waals surface area contributed by atoms with Crippen LogP contribution in [0.2, 0.25) is 0 Å². The Morgan fingerprint density at radius 1 is 0.833 bits per heavy atom. The number of pyridine rings is 2. The largest absolute Gasteiger partial charge is 0.383 e. The molecule has 0 aliphatic carbocycles. The third-order valence-corrected chi connectivity index (χ3v) is 2.94. The van der Waals surface area contributed by atoms with Crippen LogP contribution in [0.4, 0.5) is 20.4 Å². The molecule has 2 aromatic rings. The van der Waals surface area contributed by atoms with Gasteiger partial charge in [-0.15, -0.1) is 0 Å². The predicted octanol–water partition coefficient (Wildman–Crippen LogP) is 3.13. The van der Waals surface area contributed by atoms with E-state index in [9.17, 15) is 8.78 Å². The van der Waals surface area contributed by atoms with Crippen LogP contribution in [-0.4, -0.2) is 9.97 Å². The monoisotopic (exact) mass is 380 g/mol. The number of halogens is 4. The summed E-state index contributed by atoms with van der Waals surface area (Å²) in [5, 5.41) is 0. The van der Waals surface area contributed by atoms with Gasteiger partial charge in [0.05, 0.1) is 21.3 Å². The van der Waals surface area contributed by atoms with Crippen LogP contribution >= 0.6 is 31.9 Å². The van der Waals surface area contributed by atoms with Gasteiger partial charge < -0.3 is 11.5 Å². The summed E-state index contributed by atoms with van der Waals surface area (Å²) in [5.74, 6) is -0.181. The number of rotatable bonds is 0. The van der Waals surface area contributed by atoms with E-state index in [1.165, 1.54) is 12.1 Å². The second-order valence-electron chi connectivity index (χ2n) is 3.04. The fraction of sp³-hybridized carbons (Fsp3) is 0. The molecule has 2 rings (SSSR count). The first-order valence-corrected chi connectivity index (χ1v) is 6.11. The molecular formula is C10H8Br2F2N4. The van der Waals surface area contributed by atoms with E-state index < -0.39 is 11.6 Å². The van der Waals surface area contributed by atoms with Gasteiger partial charge >= 0.3 is 0 Å². The highest BCUT2D eigenvalue weighted by Crippen LogP contribution is 2.16. The fourth-order valence-electron chi connectivity index (χ4n) is 0.850. The number of nitrogens with two attached hydrogens (primary N) is 2. The van der Waals surface area contributed by atoms with Crippen molar-refractivity contribution in [2.45, 2.75) is 0 Å². The molecule has 0 amide bonds. The summed E-state index contributed by atoms with van der Waals surface area (Å²) in [6.07, 6.45) is 2.14. The average molecular weight is 382 g/mol. The third kappa shape index (κ3) is 4.53. The Labute approximate surface area is 119 Å². The van der Waals surface area contributed by atoms with Crippen molar-refractivity contribution >= 4 is 43.5 Å². The van der Waals surface area contributed by atoms with Gasteiger partial charge in [-0.05, 0) is 44.0 Å². The Bertz CT molecular complexity index is 502. The van der Waals surface area contributed by atoms with Gasteiger partial charge in [-0.3, -0.25) is 0 Å². The van der Waals surface area contributed by atoms with Crippen molar-refractivity contribution in [2.24, 2.45) is 0 Å². The molecule has 0 aliphatic heterocycles. The number of anilines is 2. The summed E-state index contributed by atoms with van der Waals surface area (Å²) in [5.41, 5.74) is 10.5. The second-order valence-corrected chi connectivity index (χ2v) is 4.75. The van der Waals surface area contributed by atoms with Crippen molar-refractivity contribution in [3.63, 3.8) is 0 Å². The van der Waals surface area contributed by atoms with Gasteiger partial charge in [-0.1, -0.05) is 0 Å². The zero-order chi connectivity index (χ0) is 13.7. The summed E-state index contributed by atoms with van der Waals surface area (Å²) in [6.45, 7) is 0. The molecule has 0 saturated heterocycles. The molecule has 0 aliphatic rings. The van der Waals surface area contributed by atoms with Crippen molar-refractivity contribution in [2.75, 3.05) is 11.5 Å². The molecule has 8 heteroatoms. The first kappa shape index (κ1) is 14.8. The van der Waals surface area contributed by atoms with E-state index in [0.717, 1.165) is 12.4 Å². The van der Waals surface area contributed by atoms with Crippen LogP contribution in [0.5, 0.6) is 0 Å². The maximum atomic E-state index is 12.2. The van der Waals surface area contributed by atoms with Crippen molar-refractivity contribution in [3.05, 3.63) is 45.1 Å². The molecule has 0 atom stereocenters. The van der Waals surface area contributed by atoms with Gasteiger partial charge in [-0.25, -0.2) is 18.7 Å². The summed E-state index contributed by atoms with van der Waals surface area (Å²) in [6, 6.07) is 2.53. The van der Waals surface area contributed by atoms with Crippen LogP contribution in [0.25, 0.3) is 0 Å².